The third kappa shape index (κ3) is 4.59. The molecule has 146 valence electrons. The number of hydrogen-bond donors (Lipinski definition) is 0. The molecule has 3 aromatic carbocycles. The molecule has 0 amide bonds. The van der Waals surface area contributed by atoms with Crippen LogP contribution in [0.5, 0.6) is 5.75 Å². The normalized spacial score (nSPS) is 14.3. The minimum Gasteiger partial charge on any atom is -0.486 e. The Balaban J connectivity index is 1.56. The summed E-state index contributed by atoms with van der Waals surface area (Å²) >= 11 is 20.8. The highest BCUT2D eigenvalue weighted by atomic mass is 79.9. The average Bonchev–Trinajstić information content (AvgIpc) is 2.98. The maximum absolute atomic E-state index is 12.6. The summed E-state index contributed by atoms with van der Waals surface area (Å²) in [5.41, 5.74) is 2.48. The van der Waals surface area contributed by atoms with E-state index >= 15 is 0 Å². The molecule has 3 aromatic rings. The number of carbonyl (C=O) groups excluding carboxylic acids is 1. The van der Waals surface area contributed by atoms with Gasteiger partial charge in [0.1, 0.15) is 12.4 Å². The number of ether oxygens (including phenoxy) is 1. The SMILES string of the molecule is O=C1/C(=C/c2cc(Br)c(OCc3ccc(Cl)cc3Cl)c(Br)c2)Sc2ccccc21. The van der Waals surface area contributed by atoms with Crippen LogP contribution in [0.25, 0.3) is 6.08 Å². The minimum atomic E-state index is 0.0514. The van der Waals surface area contributed by atoms with E-state index in [0.29, 0.717) is 27.3 Å². The fourth-order valence-electron chi connectivity index (χ4n) is 2.88. The number of rotatable bonds is 4. The zero-order valence-electron chi connectivity index (χ0n) is 14.7. The number of Topliss-reactive ketones (excluding diaryl/α,β-unsaturated/α-hetero) is 1. The number of hydrogen-bond acceptors (Lipinski definition) is 3. The third-order valence-electron chi connectivity index (χ3n) is 4.28. The lowest BCUT2D eigenvalue weighted by Gasteiger charge is -2.12. The molecule has 0 saturated carbocycles. The van der Waals surface area contributed by atoms with Gasteiger partial charge in [0.05, 0.1) is 13.9 Å². The van der Waals surface area contributed by atoms with Gasteiger partial charge in [-0.2, -0.15) is 0 Å². The van der Waals surface area contributed by atoms with Gasteiger partial charge in [0.25, 0.3) is 0 Å². The highest BCUT2D eigenvalue weighted by Gasteiger charge is 2.25. The van der Waals surface area contributed by atoms with E-state index in [1.54, 1.807) is 12.1 Å². The van der Waals surface area contributed by atoms with E-state index in [4.69, 9.17) is 27.9 Å². The van der Waals surface area contributed by atoms with Crippen LogP contribution >= 0.6 is 66.8 Å². The Bertz CT molecular complexity index is 1140. The van der Waals surface area contributed by atoms with Gasteiger partial charge in [-0.3, -0.25) is 4.79 Å². The van der Waals surface area contributed by atoms with Gasteiger partial charge >= 0.3 is 0 Å². The number of fused-ring (bicyclic) bond motifs is 1. The highest BCUT2D eigenvalue weighted by molar-refractivity contribution is 9.11. The molecule has 7 heteroatoms. The van der Waals surface area contributed by atoms with Crippen LogP contribution in [0.15, 0.2) is 73.3 Å². The van der Waals surface area contributed by atoms with Crippen molar-refractivity contribution in [3.63, 3.8) is 0 Å². The number of benzene rings is 3. The standard InChI is InChI=1S/C22H12Br2Cl2O2S/c23-16-7-12(9-20-21(27)15-3-1-2-4-19(15)29-20)8-17(24)22(16)28-11-13-5-6-14(25)10-18(13)26/h1-10H,11H2/b20-9-. The molecule has 0 aliphatic carbocycles. The first-order chi connectivity index (χ1) is 13.9. The monoisotopic (exact) mass is 568 g/mol. The lowest BCUT2D eigenvalue weighted by molar-refractivity contribution is 0.104. The van der Waals surface area contributed by atoms with Crippen LogP contribution in [0.1, 0.15) is 21.5 Å². The Morgan fingerprint density at radius 3 is 2.41 bits per heavy atom. The first-order valence-electron chi connectivity index (χ1n) is 8.51. The molecule has 1 aliphatic rings. The van der Waals surface area contributed by atoms with E-state index in [1.165, 1.54) is 11.8 Å². The van der Waals surface area contributed by atoms with E-state index < -0.39 is 0 Å². The smallest absolute Gasteiger partial charge is 0.200 e. The molecule has 1 aliphatic heterocycles. The molecule has 4 rings (SSSR count). The number of allylic oxidation sites excluding steroid dienone is 1. The molecule has 0 N–H and O–H groups in total. The fraction of sp³-hybridized carbons (Fsp3) is 0.0455. The highest BCUT2D eigenvalue weighted by Crippen LogP contribution is 2.42. The zero-order chi connectivity index (χ0) is 20.5. The van der Waals surface area contributed by atoms with Crippen molar-refractivity contribution in [2.45, 2.75) is 11.5 Å². The first-order valence-corrected chi connectivity index (χ1v) is 11.7. The van der Waals surface area contributed by atoms with Crippen molar-refractivity contribution in [3.05, 3.63) is 95.2 Å². The Morgan fingerprint density at radius 2 is 1.72 bits per heavy atom. The summed E-state index contributed by atoms with van der Waals surface area (Å²) in [6.45, 7) is 0.303. The van der Waals surface area contributed by atoms with Crippen molar-refractivity contribution in [1.29, 1.82) is 0 Å². The van der Waals surface area contributed by atoms with Crippen LogP contribution in [0.2, 0.25) is 10.0 Å². The Kier molecular flexibility index (Phi) is 6.42. The van der Waals surface area contributed by atoms with Crippen molar-refractivity contribution in [2.75, 3.05) is 0 Å². The molecule has 29 heavy (non-hydrogen) atoms. The molecular formula is C22H12Br2Cl2O2S. The second-order valence-corrected chi connectivity index (χ2v) is 9.91. The number of thioether (sulfide) groups is 1. The molecular weight excluding hydrogens is 559 g/mol. The number of carbonyl (C=O) groups is 1. The van der Waals surface area contributed by atoms with Crippen LogP contribution in [-0.4, -0.2) is 5.78 Å². The summed E-state index contributed by atoms with van der Waals surface area (Å²) in [5.74, 6) is 0.711. The van der Waals surface area contributed by atoms with Gasteiger partial charge in [-0.25, -0.2) is 0 Å². The van der Waals surface area contributed by atoms with Crippen molar-refractivity contribution in [2.24, 2.45) is 0 Å². The Morgan fingerprint density at radius 1 is 1.00 bits per heavy atom. The van der Waals surface area contributed by atoms with Gasteiger partial charge in [0.2, 0.25) is 5.78 Å². The Labute approximate surface area is 199 Å². The van der Waals surface area contributed by atoms with E-state index in [2.05, 4.69) is 31.9 Å². The summed E-state index contributed by atoms with van der Waals surface area (Å²) < 4.78 is 7.51. The van der Waals surface area contributed by atoms with Crippen molar-refractivity contribution in [1.82, 2.24) is 0 Å². The summed E-state index contributed by atoms with van der Waals surface area (Å²) in [7, 11) is 0. The number of ketones is 1. The maximum Gasteiger partial charge on any atom is 0.200 e. The summed E-state index contributed by atoms with van der Waals surface area (Å²) in [6, 6.07) is 16.8. The van der Waals surface area contributed by atoms with Crippen molar-refractivity contribution in [3.8, 4) is 5.75 Å². The molecule has 2 nitrogen and oxygen atoms in total. The maximum atomic E-state index is 12.6. The molecule has 0 atom stereocenters. The summed E-state index contributed by atoms with van der Waals surface area (Å²) in [6.07, 6.45) is 1.89. The minimum absolute atomic E-state index is 0.0514. The second-order valence-electron chi connectivity index (χ2n) is 6.27. The lowest BCUT2D eigenvalue weighted by atomic mass is 10.1. The van der Waals surface area contributed by atoms with Crippen LogP contribution in [0, 0.1) is 0 Å². The van der Waals surface area contributed by atoms with Gasteiger partial charge in [-0.15, -0.1) is 0 Å². The van der Waals surface area contributed by atoms with Crippen LogP contribution in [0.3, 0.4) is 0 Å². The van der Waals surface area contributed by atoms with Crippen molar-refractivity contribution >= 4 is 78.7 Å². The summed E-state index contributed by atoms with van der Waals surface area (Å²) in [5, 5.41) is 1.14. The molecule has 0 radical (unpaired) electrons. The van der Waals surface area contributed by atoms with Crippen molar-refractivity contribution < 1.29 is 9.53 Å². The van der Waals surface area contributed by atoms with Gasteiger partial charge in [-0.05, 0) is 79.9 Å². The average molecular weight is 571 g/mol. The van der Waals surface area contributed by atoms with E-state index in [9.17, 15) is 4.79 Å². The summed E-state index contributed by atoms with van der Waals surface area (Å²) in [4.78, 5) is 14.3. The topological polar surface area (TPSA) is 26.3 Å². The molecule has 0 aromatic heterocycles. The quantitative estimate of drug-likeness (QED) is 0.294. The van der Waals surface area contributed by atoms with Crippen LogP contribution in [0.4, 0.5) is 0 Å². The van der Waals surface area contributed by atoms with Crippen LogP contribution in [-0.2, 0) is 6.61 Å². The first kappa shape index (κ1) is 21.0. The van der Waals surface area contributed by atoms with Gasteiger partial charge in [0.15, 0.2) is 0 Å². The lowest BCUT2D eigenvalue weighted by Crippen LogP contribution is -1.98. The molecule has 0 saturated heterocycles. The fourth-order valence-corrected chi connectivity index (χ4v) is 5.84. The van der Waals surface area contributed by atoms with Gasteiger partial charge in [0, 0.05) is 26.1 Å². The van der Waals surface area contributed by atoms with E-state index in [0.717, 1.165) is 30.5 Å². The molecule has 0 fully saturated rings. The zero-order valence-corrected chi connectivity index (χ0v) is 20.2. The second kappa shape index (κ2) is 8.86. The predicted molar refractivity (Wildman–Crippen MR) is 127 cm³/mol. The molecule has 0 unspecified atom stereocenters. The molecule has 0 spiro atoms. The van der Waals surface area contributed by atoms with E-state index in [-0.39, 0.29) is 5.78 Å². The third-order valence-corrected chi connectivity index (χ3v) is 7.14. The van der Waals surface area contributed by atoms with Gasteiger partial charge in [-0.1, -0.05) is 53.2 Å². The molecule has 1 heterocycles. The predicted octanol–water partition coefficient (Wildman–Crippen LogP) is 8.43. The van der Waals surface area contributed by atoms with E-state index in [1.807, 2.05) is 48.5 Å². The largest absolute Gasteiger partial charge is 0.486 e. The van der Waals surface area contributed by atoms with Crippen LogP contribution < -0.4 is 4.74 Å². The molecule has 0 bridgehead atoms. The Hall–Kier alpha value is -1.24. The van der Waals surface area contributed by atoms with Gasteiger partial charge < -0.3 is 4.74 Å². The number of halogens is 4.